The maximum Gasteiger partial charge on any atom is 0.558 e. The SMILES string of the molecule is C[PH+](C)N[PH+](C)C.C[PH+](C)N[PH+](C)C.F[PH+](F)F.F[PH+](F)F.[CH3-].[CH3-].[Pt].[Pt]. The first kappa shape index (κ1) is 51.8. The van der Waals surface area contributed by atoms with Crippen molar-refractivity contribution in [3.05, 3.63) is 14.9 Å². The number of hydrogen-bond acceptors (Lipinski definition) is 2. The summed E-state index contributed by atoms with van der Waals surface area (Å²) in [6.45, 7) is 18.2. The van der Waals surface area contributed by atoms with Crippen LogP contribution in [0, 0.1) is 14.9 Å². The van der Waals surface area contributed by atoms with Crippen LogP contribution in [0.3, 0.4) is 0 Å². The molecule has 0 fully saturated rings. The Morgan fingerprint density at radius 3 is 0.500 bits per heavy atom. The van der Waals surface area contributed by atoms with Gasteiger partial charge < -0.3 is 14.9 Å². The Hall–Kier alpha value is 3.46. The number of rotatable bonds is 4. The van der Waals surface area contributed by atoms with Gasteiger partial charge in [-0.05, 0) is 0 Å². The fourth-order valence-corrected chi connectivity index (χ4v) is 9.00. The van der Waals surface area contributed by atoms with Crippen LogP contribution in [0.2, 0.25) is 0 Å². The Morgan fingerprint density at radius 1 is 0.423 bits per heavy atom. The maximum absolute atomic E-state index is 9.77. The molecular weight excluding hydrogens is 838 g/mol. The van der Waals surface area contributed by atoms with Crippen molar-refractivity contribution in [2.75, 3.05) is 53.3 Å². The van der Waals surface area contributed by atoms with Crippen LogP contribution in [0.15, 0.2) is 0 Å². The summed E-state index contributed by atoms with van der Waals surface area (Å²) in [4.78, 5) is 7.02. The van der Waals surface area contributed by atoms with E-state index in [0.29, 0.717) is 0 Å². The molecule has 0 unspecified atom stereocenters. The zero-order valence-electron chi connectivity index (χ0n) is 16.9. The van der Waals surface area contributed by atoms with Crippen molar-refractivity contribution in [1.82, 2.24) is 9.72 Å². The molecule has 0 aromatic rings. The normalized spacial score (nSPS) is 8.77. The molecule has 0 amide bonds. The van der Waals surface area contributed by atoms with Crippen LogP contribution in [0.25, 0.3) is 0 Å². The number of nitrogens with one attached hydrogen (secondary N) is 2. The summed E-state index contributed by atoms with van der Waals surface area (Å²) in [6, 6.07) is 0. The zero-order chi connectivity index (χ0) is 18.9. The Kier molecular flexibility index (Phi) is 77.7. The van der Waals surface area contributed by atoms with E-state index in [2.05, 4.69) is 63.0 Å². The predicted octanol–water partition coefficient (Wildman–Crippen LogP) is 7.31. The molecule has 2 N–H and O–H groups in total. The zero-order valence-corrected chi connectivity index (χ0v) is 27.4. The minimum absolute atomic E-state index is 0. The maximum atomic E-state index is 9.77. The van der Waals surface area contributed by atoms with Crippen LogP contribution < -0.4 is 9.72 Å². The van der Waals surface area contributed by atoms with E-state index in [0.717, 1.165) is 0 Å². The van der Waals surface area contributed by atoms with Gasteiger partial charge in [0.2, 0.25) is 0 Å². The Bertz CT molecular complexity index is 177. The van der Waals surface area contributed by atoms with E-state index >= 15 is 0 Å². The van der Waals surface area contributed by atoms with Crippen LogP contribution >= 0.6 is 50.0 Å². The number of halogens is 6. The molecule has 0 radical (unpaired) electrons. The van der Waals surface area contributed by atoms with Crippen molar-refractivity contribution >= 4 is 50.0 Å². The van der Waals surface area contributed by atoms with Gasteiger partial charge in [-0.1, -0.05) is 9.72 Å². The Morgan fingerprint density at radius 2 is 0.500 bits per heavy atom. The molecule has 0 aromatic heterocycles. The van der Waals surface area contributed by atoms with E-state index in [1.54, 1.807) is 0 Å². The Balaban J connectivity index is -0.0000000271. The molecule has 0 saturated heterocycles. The van der Waals surface area contributed by atoms with Crippen molar-refractivity contribution in [3.8, 4) is 0 Å². The first-order valence-electron chi connectivity index (χ1n) is 6.13. The molecule has 16 heteroatoms. The van der Waals surface area contributed by atoms with Crippen LogP contribution in [-0.4, -0.2) is 53.3 Å². The Labute approximate surface area is 194 Å². The van der Waals surface area contributed by atoms with Crippen molar-refractivity contribution in [1.29, 1.82) is 0 Å². The van der Waals surface area contributed by atoms with Gasteiger partial charge in [-0.3, -0.25) is 0 Å². The molecule has 0 rings (SSSR count). The third-order valence-corrected chi connectivity index (χ3v) is 9.00. The molecule has 0 aliphatic rings. The fourth-order valence-electron chi connectivity index (χ4n) is 1.00. The third-order valence-electron chi connectivity index (χ3n) is 1.00. The summed E-state index contributed by atoms with van der Waals surface area (Å²) in [5.74, 6) is 0. The number of hydrogen-bond donors (Lipinski definition) is 2. The largest absolute Gasteiger partial charge is 0.558 e. The summed E-state index contributed by atoms with van der Waals surface area (Å²) in [6.07, 6.45) is 0. The van der Waals surface area contributed by atoms with Crippen molar-refractivity contribution in [3.63, 3.8) is 0 Å². The molecule has 2 nitrogen and oxygen atoms in total. The van der Waals surface area contributed by atoms with Gasteiger partial charge in [0.25, 0.3) is 0 Å². The van der Waals surface area contributed by atoms with Gasteiger partial charge in [0.05, 0.1) is 85.6 Å². The molecule has 26 heavy (non-hydrogen) atoms. The second-order valence-electron chi connectivity index (χ2n) is 4.68. The second-order valence-corrected chi connectivity index (χ2v) is 15.5. The van der Waals surface area contributed by atoms with Crippen LogP contribution in [-0.2, 0) is 42.1 Å². The van der Waals surface area contributed by atoms with Crippen LogP contribution in [0.4, 0.5) is 25.2 Å². The van der Waals surface area contributed by atoms with E-state index in [-0.39, 0.29) is 89.3 Å². The summed E-state index contributed by atoms with van der Waals surface area (Å²) in [5.41, 5.74) is 0. The molecule has 0 spiro atoms. The molecule has 0 aromatic carbocycles. The van der Waals surface area contributed by atoms with E-state index in [9.17, 15) is 25.2 Å². The average molecular weight is 876 g/mol. The van der Waals surface area contributed by atoms with Crippen LogP contribution in [0.1, 0.15) is 0 Å². The first-order chi connectivity index (χ1) is 9.72. The third kappa shape index (κ3) is 146. The summed E-state index contributed by atoms with van der Waals surface area (Å²) in [5, 5.41) is 0. The minimum atomic E-state index is -4.38. The van der Waals surface area contributed by atoms with Crippen molar-refractivity contribution in [2.24, 2.45) is 0 Å². The minimum Gasteiger partial charge on any atom is -0.358 e. The second kappa shape index (κ2) is 39.0. The quantitative estimate of drug-likeness (QED) is 0.176. The smallest absolute Gasteiger partial charge is 0.358 e. The van der Waals surface area contributed by atoms with Gasteiger partial charge in [0, 0.05) is 67.3 Å². The molecular formula is C10H38F6N2P6Pt2+4. The first-order valence-corrected chi connectivity index (χ1v) is 18.4. The van der Waals surface area contributed by atoms with Gasteiger partial charge in [-0.2, -0.15) is 0 Å². The molecule has 0 heterocycles. The molecule has 0 saturated carbocycles. The van der Waals surface area contributed by atoms with Gasteiger partial charge >= 0.3 is 17.7 Å². The van der Waals surface area contributed by atoms with Gasteiger partial charge in [-0.25, -0.2) is 0 Å². The standard InChI is InChI=1S/2C4H13NP2.2CH3.2F3HP.2Pt/c2*1-6(2)5-7(3)4;;;2*1-4(2)3;;/h2*5H,1-4H3;2*1H3;2*4H;;/q;;2*-1;2*+1;;/p+4. The molecule has 0 atom stereocenters. The van der Waals surface area contributed by atoms with Crippen LogP contribution in [0.5, 0.6) is 0 Å². The summed E-state index contributed by atoms with van der Waals surface area (Å²) in [7, 11) is -9.31. The summed E-state index contributed by atoms with van der Waals surface area (Å²) < 4.78 is 58.6. The average Bonchev–Trinajstić information content (AvgIpc) is 2.10. The fraction of sp³-hybridized carbons (Fsp3) is 0.800. The molecule has 176 valence electrons. The van der Waals surface area contributed by atoms with Crippen molar-refractivity contribution < 1.29 is 67.3 Å². The molecule has 0 aliphatic carbocycles. The van der Waals surface area contributed by atoms with Gasteiger partial charge in [-0.15, -0.1) is 0 Å². The predicted molar refractivity (Wildman–Crippen MR) is 123 cm³/mol. The van der Waals surface area contributed by atoms with E-state index in [1.165, 1.54) is 0 Å². The molecule has 0 bridgehead atoms. The molecule has 0 aliphatic heterocycles. The van der Waals surface area contributed by atoms with E-state index < -0.39 is 17.7 Å². The topological polar surface area (TPSA) is 24.1 Å². The van der Waals surface area contributed by atoms with E-state index in [4.69, 9.17) is 0 Å². The van der Waals surface area contributed by atoms with Gasteiger partial charge in [0.1, 0.15) is 0 Å². The van der Waals surface area contributed by atoms with E-state index in [1.807, 2.05) is 0 Å². The summed E-state index contributed by atoms with van der Waals surface area (Å²) >= 11 is 0. The van der Waals surface area contributed by atoms with Gasteiger partial charge in [0.15, 0.2) is 0 Å². The van der Waals surface area contributed by atoms with Crippen molar-refractivity contribution in [2.45, 2.75) is 0 Å². The monoisotopic (exact) mass is 876 g/mol.